The van der Waals surface area contributed by atoms with Crippen molar-refractivity contribution >= 4 is 23.8 Å². The van der Waals surface area contributed by atoms with Crippen LogP contribution in [0.4, 0.5) is 9.59 Å². The van der Waals surface area contributed by atoms with Crippen molar-refractivity contribution in [1.82, 2.24) is 14.7 Å². The highest BCUT2D eigenvalue weighted by Gasteiger charge is 2.58. The zero-order valence-corrected chi connectivity index (χ0v) is 23.8. The van der Waals surface area contributed by atoms with Crippen molar-refractivity contribution in [2.45, 2.75) is 74.7 Å². The molecule has 40 heavy (non-hydrogen) atoms. The lowest BCUT2D eigenvalue weighted by molar-refractivity contribution is -0.161. The molecule has 6 saturated heterocycles. The molecule has 1 saturated carbocycles. The number of Topliss-reactive ketones (excluding diaryl/α,β-unsaturated/α-hetero) is 2. The highest BCUT2D eigenvalue weighted by atomic mass is 16.6. The Labute approximate surface area is 235 Å². The molecule has 7 rings (SSSR count). The van der Waals surface area contributed by atoms with Gasteiger partial charge in [-0.15, -0.1) is 0 Å². The number of rotatable bonds is 10. The largest absolute Gasteiger partial charge is 0.442 e. The standard InChI is InChI=1S/C28H44N4O8/c1-37-17-27(23(33)19-7-11-31(27)12-8-19)15-30(26(36)40-22-6-4-3-5-21(22)39-25(29)35)16-28(18-38-2)24(34)20-9-13-32(28)14-10-20/h19-22H,3-18H2,1-2H3,(H2,29,35)/t21-,22+,27?,28?/m0/s1. The summed E-state index contributed by atoms with van der Waals surface area (Å²) in [6.07, 6.45) is 3.07. The predicted octanol–water partition coefficient (Wildman–Crippen LogP) is 1.19. The molecule has 0 radical (unpaired) electrons. The smallest absolute Gasteiger partial charge is 0.410 e. The minimum absolute atomic E-state index is 0.0420. The van der Waals surface area contributed by atoms with E-state index in [1.54, 1.807) is 14.2 Å². The fourth-order valence-corrected chi connectivity index (χ4v) is 7.96. The average Bonchev–Trinajstić information content (AvgIpc) is 2.95. The molecule has 7 aliphatic rings. The molecule has 12 nitrogen and oxygen atoms in total. The van der Waals surface area contributed by atoms with E-state index in [0.29, 0.717) is 12.8 Å². The molecule has 0 aromatic heterocycles. The van der Waals surface area contributed by atoms with Crippen molar-refractivity contribution in [3.05, 3.63) is 0 Å². The van der Waals surface area contributed by atoms with E-state index in [1.165, 1.54) is 4.90 Å². The van der Waals surface area contributed by atoms with Crippen LogP contribution >= 0.6 is 0 Å². The molecule has 4 atom stereocenters. The van der Waals surface area contributed by atoms with Crippen molar-refractivity contribution < 1.29 is 38.1 Å². The molecule has 2 amide bonds. The van der Waals surface area contributed by atoms with Crippen LogP contribution in [0.2, 0.25) is 0 Å². The number of primary amides is 1. The lowest BCUT2D eigenvalue weighted by Crippen LogP contribution is -2.74. The van der Waals surface area contributed by atoms with Gasteiger partial charge < -0.3 is 29.6 Å². The van der Waals surface area contributed by atoms with Gasteiger partial charge in [-0.05, 0) is 77.5 Å². The van der Waals surface area contributed by atoms with Crippen LogP contribution in [0.3, 0.4) is 0 Å². The molecule has 6 heterocycles. The van der Waals surface area contributed by atoms with E-state index < -0.39 is 35.5 Å². The molecule has 7 fully saturated rings. The maximum absolute atomic E-state index is 14.1. The monoisotopic (exact) mass is 564 g/mol. The molecule has 2 unspecified atom stereocenters. The first-order chi connectivity index (χ1) is 19.2. The molecule has 0 aromatic rings. The van der Waals surface area contributed by atoms with E-state index in [9.17, 15) is 19.2 Å². The van der Waals surface area contributed by atoms with Crippen LogP contribution in [-0.2, 0) is 28.5 Å². The number of ether oxygens (including phenoxy) is 4. The number of methoxy groups -OCH3 is 2. The van der Waals surface area contributed by atoms with Crippen LogP contribution in [0.5, 0.6) is 0 Å². The number of piperidine rings is 6. The number of hydrogen-bond acceptors (Lipinski definition) is 10. The van der Waals surface area contributed by atoms with Crippen molar-refractivity contribution in [1.29, 1.82) is 0 Å². The Balaban J connectivity index is 1.47. The molecule has 6 aliphatic heterocycles. The summed E-state index contributed by atoms with van der Waals surface area (Å²) in [7, 11) is 3.13. The minimum Gasteiger partial charge on any atom is -0.442 e. The van der Waals surface area contributed by atoms with Gasteiger partial charge in [0.25, 0.3) is 0 Å². The van der Waals surface area contributed by atoms with Crippen molar-refractivity contribution in [3.8, 4) is 0 Å². The van der Waals surface area contributed by atoms with Crippen LogP contribution in [0.15, 0.2) is 0 Å². The Bertz CT molecular complexity index is 927. The first-order valence-corrected chi connectivity index (χ1v) is 14.7. The summed E-state index contributed by atoms with van der Waals surface area (Å²) < 4.78 is 22.6. The lowest BCUT2D eigenvalue weighted by atomic mass is 9.71. The molecule has 4 bridgehead atoms. The summed E-state index contributed by atoms with van der Waals surface area (Å²) >= 11 is 0. The van der Waals surface area contributed by atoms with Crippen molar-refractivity contribution in [3.63, 3.8) is 0 Å². The summed E-state index contributed by atoms with van der Waals surface area (Å²) in [5, 5.41) is 0. The van der Waals surface area contributed by atoms with E-state index in [2.05, 4.69) is 9.80 Å². The minimum atomic E-state index is -1.02. The van der Waals surface area contributed by atoms with Gasteiger partial charge in [-0.2, -0.15) is 0 Å². The number of nitrogens with two attached hydrogens (primary N) is 1. The quantitative estimate of drug-likeness (QED) is 0.411. The van der Waals surface area contributed by atoms with Gasteiger partial charge in [-0.1, -0.05) is 0 Å². The summed E-state index contributed by atoms with van der Waals surface area (Å²) in [4.78, 5) is 59.1. The van der Waals surface area contributed by atoms with Crippen LogP contribution in [0, 0.1) is 11.8 Å². The highest BCUT2D eigenvalue weighted by molar-refractivity contribution is 5.94. The number of amides is 2. The number of ketones is 2. The van der Waals surface area contributed by atoms with Gasteiger partial charge in [-0.3, -0.25) is 19.4 Å². The van der Waals surface area contributed by atoms with E-state index >= 15 is 0 Å². The van der Waals surface area contributed by atoms with Crippen LogP contribution in [0.1, 0.15) is 51.4 Å². The Hall–Kier alpha value is -2.28. The molecule has 0 spiro atoms. The van der Waals surface area contributed by atoms with E-state index in [4.69, 9.17) is 24.7 Å². The number of fused-ring (bicyclic) bond motifs is 6. The Kier molecular flexibility index (Phi) is 8.70. The summed E-state index contributed by atoms with van der Waals surface area (Å²) in [5.41, 5.74) is 3.25. The first-order valence-electron chi connectivity index (χ1n) is 14.7. The van der Waals surface area contributed by atoms with Crippen molar-refractivity contribution in [2.24, 2.45) is 17.6 Å². The van der Waals surface area contributed by atoms with Gasteiger partial charge in [0.05, 0.1) is 26.3 Å². The third-order valence-electron chi connectivity index (χ3n) is 9.95. The summed E-state index contributed by atoms with van der Waals surface area (Å²) in [6, 6.07) is 0. The van der Waals surface area contributed by atoms with E-state index in [1.807, 2.05) is 0 Å². The topological polar surface area (TPSA) is 141 Å². The molecule has 12 heteroatoms. The number of nitrogens with zero attached hydrogens (tertiary/aromatic N) is 3. The SMILES string of the molecule is COCC1(CN(CC2(COC)C(=O)C3CCN2CC3)C(=O)O[C@@H]2CCCC[C@@H]2OC(N)=O)C(=O)C2CCN1CC2. The van der Waals surface area contributed by atoms with Gasteiger partial charge >= 0.3 is 12.2 Å². The summed E-state index contributed by atoms with van der Waals surface area (Å²) in [5.74, 6) is 0.00660. The predicted molar refractivity (Wildman–Crippen MR) is 143 cm³/mol. The van der Waals surface area contributed by atoms with E-state index in [-0.39, 0.29) is 49.7 Å². The van der Waals surface area contributed by atoms with Crippen LogP contribution in [0.25, 0.3) is 0 Å². The zero-order valence-electron chi connectivity index (χ0n) is 23.8. The van der Waals surface area contributed by atoms with Gasteiger partial charge in [0.2, 0.25) is 0 Å². The average molecular weight is 565 g/mol. The molecule has 1 aliphatic carbocycles. The third-order valence-corrected chi connectivity index (χ3v) is 9.95. The van der Waals surface area contributed by atoms with Gasteiger partial charge in [-0.25, -0.2) is 9.59 Å². The van der Waals surface area contributed by atoms with Crippen LogP contribution < -0.4 is 5.73 Å². The highest BCUT2D eigenvalue weighted by Crippen LogP contribution is 2.40. The van der Waals surface area contributed by atoms with E-state index in [0.717, 1.165) is 64.7 Å². The number of carbonyl (C=O) groups is 4. The first kappa shape index (κ1) is 29.2. The second kappa shape index (κ2) is 11.9. The molecular formula is C28H44N4O8. The Morgan fingerprint density at radius 3 is 1.57 bits per heavy atom. The number of hydrogen-bond donors (Lipinski definition) is 1. The van der Waals surface area contributed by atoms with Gasteiger partial charge in [0, 0.05) is 26.1 Å². The van der Waals surface area contributed by atoms with Gasteiger partial charge in [0.1, 0.15) is 23.3 Å². The third kappa shape index (κ3) is 5.23. The molecule has 2 N–H and O–H groups in total. The van der Waals surface area contributed by atoms with Crippen molar-refractivity contribution in [2.75, 3.05) is 66.7 Å². The molecule has 224 valence electrons. The fraction of sp³-hybridized carbons (Fsp3) is 0.857. The Morgan fingerprint density at radius 1 is 0.775 bits per heavy atom. The lowest BCUT2D eigenvalue weighted by Gasteiger charge is -2.56. The molecular weight excluding hydrogens is 520 g/mol. The zero-order chi connectivity index (χ0) is 28.5. The number of carbonyl (C=O) groups excluding carboxylic acids is 4. The fourth-order valence-electron chi connectivity index (χ4n) is 7.96. The second-order valence-corrected chi connectivity index (χ2v) is 12.2. The molecule has 0 aromatic carbocycles. The second-order valence-electron chi connectivity index (χ2n) is 12.2. The van der Waals surface area contributed by atoms with Crippen LogP contribution in [-0.4, -0.2) is 128 Å². The Morgan fingerprint density at radius 2 is 1.20 bits per heavy atom. The summed E-state index contributed by atoms with van der Waals surface area (Å²) in [6.45, 7) is 3.35. The maximum Gasteiger partial charge on any atom is 0.410 e. The van der Waals surface area contributed by atoms with Gasteiger partial charge in [0.15, 0.2) is 11.6 Å². The maximum atomic E-state index is 14.1. The normalized spacial score (nSPS) is 38.8.